The SMILES string of the molecule is Cc1cccc(SCC(O)CC[C@@H]2C(CCCCCCC(=O)O)C(=O)C[C@H]2O)c1. The predicted octanol–water partition coefficient (Wildman–Crippen LogP) is 4.22. The minimum atomic E-state index is -0.765. The van der Waals surface area contributed by atoms with Crippen LogP contribution in [-0.2, 0) is 9.59 Å². The fraction of sp³-hybridized carbons (Fsp3) is 0.652. The molecule has 0 amide bonds. The molecule has 29 heavy (non-hydrogen) atoms. The van der Waals surface area contributed by atoms with Gasteiger partial charge in [0.2, 0.25) is 0 Å². The first-order valence-corrected chi connectivity index (χ1v) is 11.7. The van der Waals surface area contributed by atoms with Gasteiger partial charge in [-0.05, 0) is 50.7 Å². The number of carboxylic acid groups (broad SMARTS) is 1. The van der Waals surface area contributed by atoms with Crippen LogP contribution in [-0.4, -0.2) is 45.0 Å². The molecule has 1 aliphatic rings. The van der Waals surface area contributed by atoms with Gasteiger partial charge in [0.05, 0.1) is 12.2 Å². The van der Waals surface area contributed by atoms with Gasteiger partial charge in [0.1, 0.15) is 5.78 Å². The second-order valence-electron chi connectivity index (χ2n) is 8.21. The topological polar surface area (TPSA) is 94.8 Å². The van der Waals surface area contributed by atoms with Crippen LogP contribution in [0.15, 0.2) is 29.2 Å². The molecule has 0 saturated heterocycles. The number of hydrogen-bond donors (Lipinski definition) is 3. The van der Waals surface area contributed by atoms with E-state index in [2.05, 4.69) is 6.07 Å². The van der Waals surface area contributed by atoms with E-state index in [0.717, 1.165) is 30.6 Å². The van der Waals surface area contributed by atoms with Crippen molar-refractivity contribution in [1.29, 1.82) is 0 Å². The van der Waals surface area contributed by atoms with E-state index in [1.807, 2.05) is 25.1 Å². The number of aliphatic carboxylic acids is 1. The second kappa shape index (κ2) is 12.4. The lowest BCUT2D eigenvalue weighted by molar-refractivity contribution is -0.137. The first-order valence-electron chi connectivity index (χ1n) is 10.7. The Balaban J connectivity index is 1.71. The summed E-state index contributed by atoms with van der Waals surface area (Å²) in [5.74, 6) is -0.217. The van der Waals surface area contributed by atoms with Gasteiger partial charge >= 0.3 is 5.97 Å². The van der Waals surface area contributed by atoms with Gasteiger partial charge in [-0.1, -0.05) is 37.0 Å². The van der Waals surface area contributed by atoms with Crippen molar-refractivity contribution < 1.29 is 24.9 Å². The van der Waals surface area contributed by atoms with E-state index >= 15 is 0 Å². The van der Waals surface area contributed by atoms with Crippen LogP contribution in [0.2, 0.25) is 0 Å². The molecular formula is C23H34O5S. The minimum absolute atomic E-state index is 0.0693. The van der Waals surface area contributed by atoms with Crippen LogP contribution in [0.25, 0.3) is 0 Å². The number of carboxylic acids is 1. The van der Waals surface area contributed by atoms with Gasteiger partial charge in [0.15, 0.2) is 0 Å². The van der Waals surface area contributed by atoms with Crippen LogP contribution in [0, 0.1) is 18.8 Å². The molecule has 2 rings (SSSR count). The van der Waals surface area contributed by atoms with Crippen LogP contribution >= 0.6 is 11.8 Å². The molecule has 6 heteroatoms. The van der Waals surface area contributed by atoms with Crippen LogP contribution in [0.3, 0.4) is 0 Å². The lowest BCUT2D eigenvalue weighted by Gasteiger charge is -2.22. The Labute approximate surface area is 177 Å². The number of thioether (sulfide) groups is 1. The highest BCUT2D eigenvalue weighted by atomic mass is 32.2. The number of unbranched alkanes of at least 4 members (excludes halogenated alkanes) is 3. The summed E-state index contributed by atoms with van der Waals surface area (Å²) in [5, 5.41) is 29.3. The molecular weight excluding hydrogens is 388 g/mol. The van der Waals surface area contributed by atoms with E-state index < -0.39 is 18.2 Å². The molecule has 1 fully saturated rings. The van der Waals surface area contributed by atoms with E-state index in [1.54, 1.807) is 11.8 Å². The van der Waals surface area contributed by atoms with Crippen molar-refractivity contribution in [1.82, 2.24) is 0 Å². The Kier molecular flexibility index (Phi) is 10.2. The van der Waals surface area contributed by atoms with E-state index in [1.165, 1.54) is 5.56 Å². The molecule has 3 N–H and O–H groups in total. The summed E-state index contributed by atoms with van der Waals surface area (Å²) in [6.07, 6.45) is 4.68. The maximum absolute atomic E-state index is 12.3. The zero-order valence-electron chi connectivity index (χ0n) is 17.3. The molecule has 1 aromatic carbocycles. The smallest absolute Gasteiger partial charge is 0.303 e. The molecule has 2 unspecified atom stereocenters. The maximum Gasteiger partial charge on any atom is 0.303 e. The van der Waals surface area contributed by atoms with Crippen molar-refractivity contribution >= 4 is 23.5 Å². The van der Waals surface area contributed by atoms with Crippen LogP contribution in [0.4, 0.5) is 0 Å². The summed E-state index contributed by atoms with van der Waals surface area (Å²) in [6, 6.07) is 8.20. The average molecular weight is 423 g/mol. The van der Waals surface area contributed by atoms with Crippen molar-refractivity contribution in [2.75, 3.05) is 5.75 Å². The number of aliphatic hydroxyl groups excluding tert-OH is 2. The van der Waals surface area contributed by atoms with Crippen molar-refractivity contribution in [3.63, 3.8) is 0 Å². The summed E-state index contributed by atoms with van der Waals surface area (Å²) in [6.45, 7) is 2.05. The van der Waals surface area contributed by atoms with Crippen LogP contribution < -0.4 is 0 Å². The Hall–Kier alpha value is -1.37. The van der Waals surface area contributed by atoms with Crippen molar-refractivity contribution in [3.05, 3.63) is 29.8 Å². The predicted molar refractivity (Wildman–Crippen MR) is 115 cm³/mol. The normalized spacial score (nSPS) is 22.7. The fourth-order valence-corrected chi connectivity index (χ4v) is 5.14. The summed E-state index contributed by atoms with van der Waals surface area (Å²) in [5.41, 5.74) is 1.20. The lowest BCUT2D eigenvalue weighted by atomic mass is 9.85. The van der Waals surface area contributed by atoms with E-state index in [9.17, 15) is 19.8 Å². The quantitative estimate of drug-likeness (QED) is 0.325. The van der Waals surface area contributed by atoms with Gasteiger partial charge in [-0.2, -0.15) is 0 Å². The van der Waals surface area contributed by atoms with Crippen LogP contribution in [0.1, 0.15) is 63.4 Å². The largest absolute Gasteiger partial charge is 0.481 e. The number of carbonyl (C=O) groups is 2. The van der Waals surface area contributed by atoms with Crippen LogP contribution in [0.5, 0.6) is 0 Å². The molecule has 0 aromatic heterocycles. The molecule has 4 atom stereocenters. The molecule has 1 aromatic rings. The molecule has 1 saturated carbocycles. The molecule has 0 spiro atoms. The number of benzene rings is 1. The van der Waals surface area contributed by atoms with E-state index in [-0.39, 0.29) is 30.5 Å². The Morgan fingerprint density at radius 3 is 2.69 bits per heavy atom. The first-order chi connectivity index (χ1) is 13.9. The molecule has 0 bridgehead atoms. The highest BCUT2D eigenvalue weighted by molar-refractivity contribution is 7.99. The van der Waals surface area contributed by atoms with E-state index in [0.29, 0.717) is 25.0 Å². The summed E-state index contributed by atoms with van der Waals surface area (Å²) < 4.78 is 0. The maximum atomic E-state index is 12.3. The van der Waals surface area contributed by atoms with Gasteiger partial charge in [0.25, 0.3) is 0 Å². The summed E-state index contributed by atoms with van der Waals surface area (Å²) in [4.78, 5) is 24.0. The third kappa shape index (κ3) is 8.49. The number of carbonyl (C=O) groups excluding carboxylic acids is 1. The standard InChI is InChI=1S/C23H34O5S/c1-16-7-6-8-18(13-16)29-15-17(24)11-12-20-19(21(25)14-22(20)26)9-4-2-3-5-10-23(27)28/h6-8,13,17,19-20,22,24,26H,2-5,9-12,14-15H2,1H3,(H,27,28)/t17?,19?,20-,22-/m1/s1. The number of aryl methyl sites for hydroxylation is 1. The number of rotatable bonds is 13. The lowest BCUT2D eigenvalue weighted by Crippen LogP contribution is -2.23. The second-order valence-corrected chi connectivity index (χ2v) is 9.31. The Bertz CT molecular complexity index is 662. The molecule has 5 nitrogen and oxygen atoms in total. The summed E-state index contributed by atoms with van der Waals surface area (Å²) >= 11 is 1.63. The minimum Gasteiger partial charge on any atom is -0.481 e. The van der Waals surface area contributed by atoms with Gasteiger partial charge in [-0.15, -0.1) is 11.8 Å². The molecule has 1 aliphatic carbocycles. The zero-order valence-corrected chi connectivity index (χ0v) is 18.1. The molecule has 0 heterocycles. The molecule has 162 valence electrons. The summed E-state index contributed by atoms with van der Waals surface area (Å²) in [7, 11) is 0. The zero-order chi connectivity index (χ0) is 21.2. The van der Waals surface area contributed by atoms with Gasteiger partial charge in [-0.3, -0.25) is 9.59 Å². The fourth-order valence-electron chi connectivity index (χ4n) is 4.14. The average Bonchev–Trinajstić information content (AvgIpc) is 2.93. The third-order valence-electron chi connectivity index (χ3n) is 5.76. The number of ketones is 1. The number of aliphatic hydroxyl groups is 2. The third-order valence-corrected chi connectivity index (χ3v) is 6.89. The highest BCUT2D eigenvalue weighted by Crippen LogP contribution is 2.37. The van der Waals surface area contributed by atoms with Gasteiger partial charge in [-0.25, -0.2) is 0 Å². The number of hydrogen-bond acceptors (Lipinski definition) is 5. The first kappa shape index (κ1) is 23.9. The van der Waals surface area contributed by atoms with Crippen molar-refractivity contribution in [3.8, 4) is 0 Å². The van der Waals surface area contributed by atoms with E-state index in [4.69, 9.17) is 5.11 Å². The van der Waals surface area contributed by atoms with Crippen molar-refractivity contribution in [2.24, 2.45) is 11.8 Å². The Morgan fingerprint density at radius 2 is 1.97 bits per heavy atom. The molecule has 0 radical (unpaired) electrons. The number of Topliss-reactive ketones (excluding diaryl/α,β-unsaturated/α-hetero) is 1. The highest BCUT2D eigenvalue weighted by Gasteiger charge is 2.40. The van der Waals surface area contributed by atoms with Gasteiger partial charge < -0.3 is 15.3 Å². The van der Waals surface area contributed by atoms with Gasteiger partial charge in [0, 0.05) is 29.4 Å². The Morgan fingerprint density at radius 1 is 1.21 bits per heavy atom. The van der Waals surface area contributed by atoms with Crippen molar-refractivity contribution in [2.45, 2.75) is 81.8 Å². The molecule has 0 aliphatic heterocycles. The monoisotopic (exact) mass is 422 g/mol.